The predicted octanol–water partition coefficient (Wildman–Crippen LogP) is 0.325. The van der Waals surface area contributed by atoms with Gasteiger partial charge in [-0.15, -0.1) is 11.6 Å². The van der Waals surface area contributed by atoms with E-state index < -0.39 is 0 Å². The molecule has 1 atom stereocenters. The molecule has 0 saturated carbocycles. The van der Waals surface area contributed by atoms with Gasteiger partial charge in [0.2, 0.25) is 0 Å². The summed E-state index contributed by atoms with van der Waals surface area (Å²) in [4.78, 5) is 8.36. The maximum absolute atomic E-state index is 8.36. The average Bonchev–Trinajstić information content (AvgIpc) is 2.48. The number of carboxylic acid groups (broad SMARTS) is 1. The minimum atomic E-state index is -0.250. The molecule has 48 valence electrons. The zero-order valence-electron chi connectivity index (χ0n) is 4.21. The Morgan fingerprint density at radius 2 is 2.38 bits per heavy atom. The lowest BCUT2D eigenvalue weighted by molar-refractivity contribution is -0.122. The molecule has 1 aliphatic rings. The molecule has 0 amide bonds. The molecule has 1 fully saturated rings. The lowest BCUT2D eigenvalue weighted by Gasteiger charge is -1.67. The second kappa shape index (κ2) is 4.87. The maximum Gasteiger partial charge on any atom is 0.290 e. The van der Waals surface area contributed by atoms with E-state index in [1.54, 1.807) is 0 Å². The van der Waals surface area contributed by atoms with Crippen LogP contribution in [0.2, 0.25) is 0 Å². The third kappa shape index (κ3) is 5.72. The summed E-state index contributed by atoms with van der Waals surface area (Å²) in [5.74, 6) is 0.667. The number of epoxide rings is 1. The summed E-state index contributed by atoms with van der Waals surface area (Å²) in [7, 11) is 0. The first-order valence-corrected chi connectivity index (χ1v) is 2.64. The Morgan fingerprint density at radius 1 is 2.00 bits per heavy atom. The van der Waals surface area contributed by atoms with Gasteiger partial charge in [-0.3, -0.25) is 4.79 Å². The summed E-state index contributed by atoms with van der Waals surface area (Å²) in [6, 6.07) is 0. The zero-order chi connectivity index (χ0) is 6.41. The molecule has 1 heterocycles. The van der Waals surface area contributed by atoms with Crippen molar-refractivity contribution in [3.05, 3.63) is 0 Å². The summed E-state index contributed by atoms with van der Waals surface area (Å²) in [5.41, 5.74) is 0. The highest BCUT2D eigenvalue weighted by atomic mass is 35.5. The molecule has 0 aromatic carbocycles. The van der Waals surface area contributed by atoms with Crippen molar-refractivity contribution in [2.45, 2.75) is 6.10 Å². The molecular formula is C4H7ClO3. The fraction of sp³-hybridized carbons (Fsp3) is 0.750. The van der Waals surface area contributed by atoms with E-state index in [1.165, 1.54) is 0 Å². The third-order valence-corrected chi connectivity index (χ3v) is 0.919. The summed E-state index contributed by atoms with van der Waals surface area (Å²) < 4.78 is 4.73. The molecule has 8 heavy (non-hydrogen) atoms. The van der Waals surface area contributed by atoms with Gasteiger partial charge >= 0.3 is 0 Å². The highest BCUT2D eigenvalue weighted by molar-refractivity contribution is 6.18. The van der Waals surface area contributed by atoms with Crippen molar-refractivity contribution in [2.24, 2.45) is 0 Å². The third-order valence-electron chi connectivity index (χ3n) is 0.574. The van der Waals surface area contributed by atoms with Crippen LogP contribution in [0, 0.1) is 0 Å². The SMILES string of the molecule is ClCC1CO1.O=CO. The first-order valence-electron chi connectivity index (χ1n) is 2.10. The second-order valence-corrected chi connectivity index (χ2v) is 1.52. The normalized spacial score (nSPS) is 22.9. The Kier molecular flexibility index (Phi) is 4.70. The number of hydrogen-bond acceptors (Lipinski definition) is 2. The molecule has 0 bridgehead atoms. The van der Waals surface area contributed by atoms with Gasteiger partial charge in [-0.25, -0.2) is 0 Å². The monoisotopic (exact) mass is 138 g/mol. The number of halogens is 1. The molecule has 0 aliphatic carbocycles. The Bertz CT molecular complexity index is 62.3. The van der Waals surface area contributed by atoms with Gasteiger partial charge in [0.1, 0.15) is 0 Å². The van der Waals surface area contributed by atoms with Crippen molar-refractivity contribution in [1.82, 2.24) is 0 Å². The molecule has 0 aromatic heterocycles. The van der Waals surface area contributed by atoms with Crippen molar-refractivity contribution in [2.75, 3.05) is 12.5 Å². The minimum Gasteiger partial charge on any atom is -0.483 e. The number of rotatable bonds is 1. The Morgan fingerprint density at radius 3 is 2.38 bits per heavy atom. The zero-order valence-corrected chi connectivity index (χ0v) is 4.97. The predicted molar refractivity (Wildman–Crippen MR) is 29.2 cm³/mol. The molecule has 1 N–H and O–H groups in total. The molecule has 1 saturated heterocycles. The van der Waals surface area contributed by atoms with Crippen LogP contribution in [-0.4, -0.2) is 30.2 Å². The van der Waals surface area contributed by atoms with Crippen LogP contribution in [0.3, 0.4) is 0 Å². The first kappa shape index (κ1) is 7.72. The van der Waals surface area contributed by atoms with E-state index in [0.717, 1.165) is 6.61 Å². The van der Waals surface area contributed by atoms with Crippen molar-refractivity contribution in [3.63, 3.8) is 0 Å². The van der Waals surface area contributed by atoms with Gasteiger partial charge in [0.15, 0.2) is 0 Å². The van der Waals surface area contributed by atoms with Crippen LogP contribution in [0.1, 0.15) is 0 Å². The summed E-state index contributed by atoms with van der Waals surface area (Å²) in [6.45, 7) is 0.628. The molecule has 4 heteroatoms. The van der Waals surface area contributed by atoms with E-state index >= 15 is 0 Å². The van der Waals surface area contributed by atoms with E-state index in [-0.39, 0.29) is 6.47 Å². The smallest absolute Gasteiger partial charge is 0.290 e. The summed E-state index contributed by atoms with van der Waals surface area (Å²) in [6.07, 6.45) is 0.400. The van der Waals surface area contributed by atoms with Gasteiger partial charge in [-0.1, -0.05) is 0 Å². The van der Waals surface area contributed by atoms with Crippen LogP contribution < -0.4 is 0 Å². The van der Waals surface area contributed by atoms with E-state index in [4.69, 9.17) is 26.2 Å². The summed E-state index contributed by atoms with van der Waals surface area (Å²) >= 11 is 5.27. The number of ether oxygens (including phenoxy) is 1. The van der Waals surface area contributed by atoms with Crippen LogP contribution in [0.5, 0.6) is 0 Å². The van der Waals surface area contributed by atoms with Crippen molar-refractivity contribution in [1.29, 1.82) is 0 Å². The van der Waals surface area contributed by atoms with Gasteiger partial charge in [0.05, 0.1) is 18.6 Å². The fourth-order valence-electron chi connectivity index (χ4n) is 0.157. The van der Waals surface area contributed by atoms with Gasteiger partial charge in [-0.2, -0.15) is 0 Å². The maximum atomic E-state index is 8.36. The molecule has 0 radical (unpaired) electrons. The van der Waals surface area contributed by atoms with E-state index in [2.05, 4.69) is 0 Å². The van der Waals surface area contributed by atoms with Crippen LogP contribution in [0.15, 0.2) is 0 Å². The molecule has 3 nitrogen and oxygen atoms in total. The highest BCUT2D eigenvalue weighted by Gasteiger charge is 2.19. The first-order chi connectivity index (χ1) is 3.85. The van der Waals surface area contributed by atoms with Crippen molar-refractivity contribution >= 4 is 18.1 Å². The van der Waals surface area contributed by atoms with Crippen molar-refractivity contribution in [3.8, 4) is 0 Å². The Hall–Kier alpha value is -0.280. The van der Waals surface area contributed by atoms with Gasteiger partial charge in [-0.05, 0) is 0 Å². The van der Waals surface area contributed by atoms with Crippen LogP contribution >= 0.6 is 11.6 Å². The van der Waals surface area contributed by atoms with E-state index in [1.807, 2.05) is 0 Å². The number of carbonyl (C=O) groups is 1. The molecule has 1 unspecified atom stereocenters. The fourth-order valence-corrected chi connectivity index (χ4v) is 0.335. The van der Waals surface area contributed by atoms with Crippen LogP contribution in [-0.2, 0) is 9.53 Å². The Balaban J connectivity index is 0.000000145. The Labute approximate surface area is 52.2 Å². The minimum absolute atomic E-state index is 0.250. The molecule has 0 aromatic rings. The van der Waals surface area contributed by atoms with E-state index in [9.17, 15) is 0 Å². The van der Waals surface area contributed by atoms with Gasteiger partial charge in [0.25, 0.3) is 6.47 Å². The van der Waals surface area contributed by atoms with E-state index in [0.29, 0.717) is 12.0 Å². The second-order valence-electron chi connectivity index (χ2n) is 1.22. The average molecular weight is 139 g/mol. The molecule has 1 aliphatic heterocycles. The van der Waals surface area contributed by atoms with Gasteiger partial charge < -0.3 is 9.84 Å². The standard InChI is InChI=1S/C3H5ClO.CH2O2/c4-1-3-2-5-3;2-1-3/h3H,1-2H2;1H,(H,2,3). The van der Waals surface area contributed by atoms with Crippen molar-refractivity contribution < 1.29 is 14.6 Å². The highest BCUT2D eigenvalue weighted by Crippen LogP contribution is 2.08. The lowest BCUT2D eigenvalue weighted by Crippen LogP contribution is -1.80. The topological polar surface area (TPSA) is 49.8 Å². The molecule has 0 spiro atoms. The van der Waals surface area contributed by atoms with Crippen LogP contribution in [0.25, 0.3) is 0 Å². The van der Waals surface area contributed by atoms with Crippen LogP contribution in [0.4, 0.5) is 0 Å². The molecular weight excluding hydrogens is 131 g/mol. The quantitative estimate of drug-likeness (QED) is 0.323. The largest absolute Gasteiger partial charge is 0.483 e. The molecule has 1 rings (SSSR count). The number of alkyl halides is 1. The lowest BCUT2D eigenvalue weighted by atomic mass is 10.6. The summed E-state index contributed by atoms with van der Waals surface area (Å²) in [5, 5.41) is 6.89. The number of hydrogen-bond donors (Lipinski definition) is 1. The van der Waals surface area contributed by atoms with Gasteiger partial charge in [0, 0.05) is 0 Å².